The van der Waals surface area contributed by atoms with E-state index in [2.05, 4.69) is 34.8 Å². The minimum atomic E-state index is 0.833. The number of unbranched alkanes of at least 4 members (excludes halogenated alkanes) is 2. The van der Waals surface area contributed by atoms with Gasteiger partial charge in [-0.2, -0.15) is 0 Å². The molecule has 0 heterocycles. The average molecular weight is 285 g/mol. The molecule has 2 N–H and O–H groups in total. The molecule has 0 spiro atoms. The monoisotopic (exact) mass is 284 g/mol. The van der Waals surface area contributed by atoms with E-state index in [9.17, 15) is 0 Å². The third-order valence-corrected chi connectivity index (χ3v) is 3.43. The Morgan fingerprint density at radius 2 is 2.06 bits per heavy atom. The average Bonchev–Trinajstić information content (AvgIpc) is 2.24. The van der Waals surface area contributed by atoms with Crippen molar-refractivity contribution in [1.29, 1.82) is 0 Å². The number of nitrogens with zero attached hydrogens (tertiary/aromatic N) is 1. The normalized spacial score (nSPS) is 11.0. The maximum Gasteiger partial charge on any atom is 0.0318 e. The van der Waals surface area contributed by atoms with Crippen molar-refractivity contribution in [3.63, 3.8) is 0 Å². The van der Waals surface area contributed by atoms with Crippen LogP contribution in [0.4, 0.5) is 5.69 Å². The zero-order chi connectivity index (χ0) is 12.0. The van der Waals surface area contributed by atoms with Crippen LogP contribution in [0.25, 0.3) is 0 Å². The molecule has 0 bridgehead atoms. The van der Waals surface area contributed by atoms with E-state index in [1.165, 1.54) is 24.8 Å². The van der Waals surface area contributed by atoms with E-state index in [-0.39, 0.29) is 0 Å². The van der Waals surface area contributed by atoms with E-state index >= 15 is 0 Å². The van der Waals surface area contributed by atoms with Crippen LogP contribution < -0.4 is 5.73 Å². The Labute approximate surface area is 107 Å². The maximum atomic E-state index is 5.79. The summed E-state index contributed by atoms with van der Waals surface area (Å²) in [4.78, 5) is 2.34. The predicted molar refractivity (Wildman–Crippen MR) is 74.4 cm³/mol. The molecule has 0 saturated heterocycles. The van der Waals surface area contributed by atoms with Gasteiger partial charge in [-0.05, 0) is 43.8 Å². The molecule has 0 aromatic heterocycles. The molecule has 2 nitrogen and oxygen atoms in total. The molecule has 1 aromatic rings. The van der Waals surface area contributed by atoms with Gasteiger partial charge in [0.05, 0.1) is 0 Å². The summed E-state index contributed by atoms with van der Waals surface area (Å²) >= 11 is 3.56. The van der Waals surface area contributed by atoms with Crippen molar-refractivity contribution in [2.75, 3.05) is 19.3 Å². The predicted octanol–water partition coefficient (Wildman–Crippen LogP) is 3.65. The lowest BCUT2D eigenvalue weighted by atomic mass is 10.2. The SMILES string of the molecule is CCCCCN(C)Cc1cc(N)ccc1Br. The fraction of sp³-hybridized carbons (Fsp3) is 0.538. The second kappa shape index (κ2) is 6.92. The van der Waals surface area contributed by atoms with Gasteiger partial charge in [0.15, 0.2) is 0 Å². The summed E-state index contributed by atoms with van der Waals surface area (Å²) in [6.45, 7) is 4.33. The first kappa shape index (κ1) is 13.5. The second-order valence-electron chi connectivity index (χ2n) is 4.30. The van der Waals surface area contributed by atoms with Gasteiger partial charge in [0.1, 0.15) is 0 Å². The molecule has 90 valence electrons. The quantitative estimate of drug-likeness (QED) is 0.638. The zero-order valence-corrected chi connectivity index (χ0v) is 11.8. The molecule has 0 atom stereocenters. The van der Waals surface area contributed by atoms with E-state index in [1.807, 2.05) is 18.2 Å². The topological polar surface area (TPSA) is 29.3 Å². The first-order chi connectivity index (χ1) is 7.63. The van der Waals surface area contributed by atoms with Gasteiger partial charge in [0.25, 0.3) is 0 Å². The highest BCUT2D eigenvalue weighted by molar-refractivity contribution is 9.10. The molecule has 0 fully saturated rings. The van der Waals surface area contributed by atoms with Crippen LogP contribution in [0, 0.1) is 0 Å². The summed E-state index contributed by atoms with van der Waals surface area (Å²) in [5.74, 6) is 0. The van der Waals surface area contributed by atoms with E-state index in [4.69, 9.17) is 5.73 Å². The first-order valence-electron chi connectivity index (χ1n) is 5.86. The number of benzene rings is 1. The van der Waals surface area contributed by atoms with E-state index < -0.39 is 0 Å². The van der Waals surface area contributed by atoms with Crippen LogP contribution in [-0.4, -0.2) is 18.5 Å². The van der Waals surface area contributed by atoms with Crippen molar-refractivity contribution in [2.24, 2.45) is 0 Å². The van der Waals surface area contributed by atoms with Gasteiger partial charge in [-0.15, -0.1) is 0 Å². The number of nitrogens with two attached hydrogens (primary N) is 1. The maximum absolute atomic E-state index is 5.79. The van der Waals surface area contributed by atoms with Crippen molar-refractivity contribution in [2.45, 2.75) is 32.7 Å². The smallest absolute Gasteiger partial charge is 0.0318 e. The Hall–Kier alpha value is -0.540. The van der Waals surface area contributed by atoms with Gasteiger partial charge in [-0.25, -0.2) is 0 Å². The van der Waals surface area contributed by atoms with E-state index in [0.717, 1.165) is 23.2 Å². The lowest BCUT2D eigenvalue weighted by molar-refractivity contribution is 0.317. The highest BCUT2D eigenvalue weighted by Crippen LogP contribution is 2.20. The lowest BCUT2D eigenvalue weighted by Gasteiger charge is -2.17. The number of anilines is 1. The summed E-state index contributed by atoms with van der Waals surface area (Å²) in [5.41, 5.74) is 7.88. The minimum Gasteiger partial charge on any atom is -0.399 e. The number of rotatable bonds is 6. The summed E-state index contributed by atoms with van der Waals surface area (Å²) in [7, 11) is 2.16. The minimum absolute atomic E-state index is 0.833. The zero-order valence-electron chi connectivity index (χ0n) is 10.2. The molecule has 0 unspecified atom stereocenters. The fourth-order valence-corrected chi connectivity index (χ4v) is 2.09. The molecule has 0 aliphatic rings. The lowest BCUT2D eigenvalue weighted by Crippen LogP contribution is -2.19. The van der Waals surface area contributed by atoms with Gasteiger partial charge in [0, 0.05) is 16.7 Å². The van der Waals surface area contributed by atoms with Gasteiger partial charge < -0.3 is 10.6 Å². The number of nitrogen functional groups attached to an aromatic ring is 1. The molecule has 1 rings (SSSR count). The molecule has 3 heteroatoms. The summed E-state index contributed by atoms with van der Waals surface area (Å²) in [6.07, 6.45) is 3.85. The highest BCUT2D eigenvalue weighted by atomic mass is 79.9. The number of halogens is 1. The fourth-order valence-electron chi connectivity index (χ4n) is 1.72. The second-order valence-corrected chi connectivity index (χ2v) is 5.15. The van der Waals surface area contributed by atoms with Crippen LogP contribution in [0.1, 0.15) is 31.7 Å². The molecule has 0 saturated carbocycles. The van der Waals surface area contributed by atoms with Crippen LogP contribution in [0.2, 0.25) is 0 Å². The first-order valence-corrected chi connectivity index (χ1v) is 6.65. The van der Waals surface area contributed by atoms with E-state index in [1.54, 1.807) is 0 Å². The Bertz CT molecular complexity index is 326. The Kier molecular flexibility index (Phi) is 5.85. The number of hydrogen-bond acceptors (Lipinski definition) is 2. The Balaban J connectivity index is 2.48. The molecular weight excluding hydrogens is 264 g/mol. The molecule has 16 heavy (non-hydrogen) atoms. The standard InChI is InChI=1S/C13H21BrN2/c1-3-4-5-8-16(2)10-11-9-12(15)6-7-13(11)14/h6-7,9H,3-5,8,10,15H2,1-2H3. The van der Waals surface area contributed by atoms with Crippen LogP contribution in [0.3, 0.4) is 0 Å². The highest BCUT2D eigenvalue weighted by Gasteiger charge is 2.04. The Morgan fingerprint density at radius 1 is 1.31 bits per heavy atom. The summed E-state index contributed by atoms with van der Waals surface area (Å²) < 4.78 is 1.14. The van der Waals surface area contributed by atoms with Crippen molar-refractivity contribution < 1.29 is 0 Å². The molecule has 0 amide bonds. The molecule has 0 radical (unpaired) electrons. The van der Waals surface area contributed by atoms with Crippen molar-refractivity contribution in [1.82, 2.24) is 4.90 Å². The van der Waals surface area contributed by atoms with Gasteiger partial charge in [0.2, 0.25) is 0 Å². The van der Waals surface area contributed by atoms with Crippen LogP contribution >= 0.6 is 15.9 Å². The van der Waals surface area contributed by atoms with E-state index in [0.29, 0.717) is 0 Å². The third-order valence-electron chi connectivity index (χ3n) is 2.65. The Morgan fingerprint density at radius 3 is 2.75 bits per heavy atom. The van der Waals surface area contributed by atoms with Crippen molar-refractivity contribution in [3.8, 4) is 0 Å². The number of hydrogen-bond donors (Lipinski definition) is 1. The third kappa shape index (κ3) is 4.54. The van der Waals surface area contributed by atoms with Crippen molar-refractivity contribution >= 4 is 21.6 Å². The van der Waals surface area contributed by atoms with Crippen molar-refractivity contribution in [3.05, 3.63) is 28.2 Å². The van der Waals surface area contributed by atoms with Gasteiger partial charge in [-0.1, -0.05) is 35.7 Å². The summed E-state index contributed by atoms with van der Waals surface area (Å²) in [6, 6.07) is 5.98. The molecular formula is C13H21BrN2. The van der Waals surface area contributed by atoms with Crippen LogP contribution in [0.15, 0.2) is 22.7 Å². The van der Waals surface area contributed by atoms with Crippen LogP contribution in [0.5, 0.6) is 0 Å². The van der Waals surface area contributed by atoms with Gasteiger partial charge in [-0.3, -0.25) is 0 Å². The molecule has 0 aliphatic heterocycles. The largest absolute Gasteiger partial charge is 0.399 e. The summed E-state index contributed by atoms with van der Waals surface area (Å²) in [5, 5.41) is 0. The molecule has 0 aliphatic carbocycles. The van der Waals surface area contributed by atoms with Gasteiger partial charge >= 0.3 is 0 Å². The van der Waals surface area contributed by atoms with Crippen LogP contribution in [-0.2, 0) is 6.54 Å². The molecule has 1 aromatic carbocycles.